The van der Waals surface area contributed by atoms with Crippen LogP contribution in [0.5, 0.6) is 5.75 Å². The van der Waals surface area contributed by atoms with Gasteiger partial charge in [0.25, 0.3) is 0 Å². The first-order valence-electron chi connectivity index (χ1n) is 7.45. The zero-order chi connectivity index (χ0) is 13.1. The van der Waals surface area contributed by atoms with E-state index in [0.29, 0.717) is 0 Å². The molecule has 0 radical (unpaired) electrons. The molecule has 0 saturated heterocycles. The Morgan fingerprint density at radius 3 is 2.95 bits per heavy atom. The molecule has 102 valence electrons. The Bertz CT molecular complexity index is 476. The van der Waals surface area contributed by atoms with Crippen molar-refractivity contribution in [2.24, 2.45) is 0 Å². The van der Waals surface area contributed by atoms with Crippen molar-refractivity contribution in [3.63, 3.8) is 0 Å². The van der Waals surface area contributed by atoms with Crippen molar-refractivity contribution in [1.29, 1.82) is 0 Å². The Kier molecular flexibility index (Phi) is 3.88. The first-order valence-corrected chi connectivity index (χ1v) is 7.45. The molecule has 1 N–H and O–H groups in total. The van der Waals surface area contributed by atoms with Crippen LogP contribution in [-0.2, 0) is 6.42 Å². The lowest BCUT2D eigenvalue weighted by Crippen LogP contribution is -2.12. The highest BCUT2D eigenvalue weighted by molar-refractivity contribution is 5.44. The van der Waals surface area contributed by atoms with Crippen LogP contribution in [0.4, 0.5) is 0 Å². The number of benzene rings is 1. The van der Waals surface area contributed by atoms with Gasteiger partial charge in [0.05, 0.1) is 12.7 Å². The van der Waals surface area contributed by atoms with Gasteiger partial charge in [0, 0.05) is 5.56 Å². The van der Waals surface area contributed by atoms with Gasteiger partial charge in [-0.05, 0) is 50.5 Å². The Balaban J connectivity index is 1.79. The number of hydrogen-bond donors (Lipinski definition) is 1. The van der Waals surface area contributed by atoms with E-state index in [9.17, 15) is 5.11 Å². The van der Waals surface area contributed by atoms with Gasteiger partial charge in [-0.2, -0.15) is 0 Å². The molecule has 2 aliphatic rings. The summed E-state index contributed by atoms with van der Waals surface area (Å²) in [5, 5.41) is 10.5. The second kappa shape index (κ2) is 5.79. The number of para-hydroxylation sites is 1. The van der Waals surface area contributed by atoms with E-state index in [1.165, 1.54) is 30.4 Å². The molecule has 1 aliphatic carbocycles. The summed E-state index contributed by atoms with van der Waals surface area (Å²) in [6.07, 6.45) is 9.68. The average molecular weight is 258 g/mol. The Morgan fingerprint density at radius 2 is 2.11 bits per heavy atom. The zero-order valence-corrected chi connectivity index (χ0v) is 11.4. The minimum atomic E-state index is -0.419. The van der Waals surface area contributed by atoms with Gasteiger partial charge in [-0.15, -0.1) is 0 Å². The molecule has 1 unspecified atom stereocenters. The second-order valence-corrected chi connectivity index (χ2v) is 5.62. The van der Waals surface area contributed by atoms with E-state index in [0.717, 1.165) is 43.6 Å². The molecule has 3 rings (SSSR count). The quantitative estimate of drug-likeness (QED) is 0.832. The van der Waals surface area contributed by atoms with Crippen molar-refractivity contribution in [1.82, 2.24) is 0 Å². The van der Waals surface area contributed by atoms with E-state index in [4.69, 9.17) is 4.74 Å². The molecule has 2 nitrogen and oxygen atoms in total. The molecule has 0 fully saturated rings. The number of aryl methyl sites for hydroxylation is 1. The minimum absolute atomic E-state index is 0.419. The fourth-order valence-corrected chi connectivity index (χ4v) is 3.13. The van der Waals surface area contributed by atoms with Crippen LogP contribution >= 0.6 is 0 Å². The lowest BCUT2D eigenvalue weighted by molar-refractivity contribution is 0.167. The second-order valence-electron chi connectivity index (χ2n) is 5.62. The number of aliphatic hydroxyl groups excluding tert-OH is 1. The third-order valence-electron chi connectivity index (χ3n) is 4.16. The molecule has 0 spiro atoms. The number of hydrogen-bond acceptors (Lipinski definition) is 2. The van der Waals surface area contributed by atoms with Crippen molar-refractivity contribution >= 4 is 0 Å². The largest absolute Gasteiger partial charge is 0.493 e. The number of ether oxygens (including phenoxy) is 1. The molecule has 2 heteroatoms. The highest BCUT2D eigenvalue weighted by atomic mass is 16.5. The lowest BCUT2D eigenvalue weighted by Gasteiger charge is -2.24. The van der Waals surface area contributed by atoms with Crippen LogP contribution in [0.25, 0.3) is 0 Å². The van der Waals surface area contributed by atoms with Crippen molar-refractivity contribution < 1.29 is 9.84 Å². The van der Waals surface area contributed by atoms with Crippen LogP contribution in [-0.4, -0.2) is 11.7 Å². The predicted octanol–water partition coefficient (Wildman–Crippen LogP) is 3.94. The smallest absolute Gasteiger partial charge is 0.128 e. The van der Waals surface area contributed by atoms with Crippen molar-refractivity contribution in [2.45, 2.75) is 51.0 Å². The summed E-state index contributed by atoms with van der Waals surface area (Å²) in [5.74, 6) is 0.942. The first-order chi connectivity index (χ1) is 9.34. The Morgan fingerprint density at radius 1 is 1.16 bits per heavy atom. The summed E-state index contributed by atoms with van der Waals surface area (Å²) >= 11 is 0. The van der Waals surface area contributed by atoms with Gasteiger partial charge in [-0.25, -0.2) is 0 Å². The molecule has 0 bridgehead atoms. The molecule has 1 aliphatic heterocycles. The number of rotatable bonds is 3. The zero-order valence-electron chi connectivity index (χ0n) is 11.4. The van der Waals surface area contributed by atoms with Gasteiger partial charge in [-0.1, -0.05) is 29.8 Å². The van der Waals surface area contributed by atoms with E-state index in [2.05, 4.69) is 12.1 Å². The summed E-state index contributed by atoms with van der Waals surface area (Å²) < 4.78 is 5.79. The van der Waals surface area contributed by atoms with Gasteiger partial charge in [0.1, 0.15) is 5.75 Å². The lowest BCUT2D eigenvalue weighted by atomic mass is 9.91. The van der Waals surface area contributed by atoms with Gasteiger partial charge in [0.2, 0.25) is 0 Å². The Hall–Kier alpha value is -1.28. The number of aliphatic hydroxyl groups is 1. The molecule has 1 aromatic rings. The van der Waals surface area contributed by atoms with Crippen LogP contribution < -0.4 is 4.74 Å². The standard InChI is InChI=1S/C17H22O2/c18-16(12-13-6-2-1-3-7-13)15-10-4-8-14-9-5-11-19-17(14)15/h4,6,8,10,16,18H,1-3,5,7,9,11-12H2. The third-order valence-corrected chi connectivity index (χ3v) is 4.16. The summed E-state index contributed by atoms with van der Waals surface area (Å²) in [7, 11) is 0. The number of fused-ring (bicyclic) bond motifs is 1. The van der Waals surface area contributed by atoms with Crippen LogP contribution in [0.2, 0.25) is 0 Å². The summed E-state index contributed by atoms with van der Waals surface area (Å²) in [6.45, 7) is 0.777. The first kappa shape index (κ1) is 12.7. The third kappa shape index (κ3) is 2.84. The minimum Gasteiger partial charge on any atom is -0.493 e. The Labute approximate surface area is 115 Å². The number of allylic oxidation sites excluding steroid dienone is 1. The molecule has 19 heavy (non-hydrogen) atoms. The molecular formula is C17H22O2. The molecule has 1 aromatic carbocycles. The van der Waals surface area contributed by atoms with Gasteiger partial charge in [0.15, 0.2) is 0 Å². The van der Waals surface area contributed by atoms with Crippen LogP contribution in [0, 0.1) is 0 Å². The van der Waals surface area contributed by atoms with E-state index in [1.54, 1.807) is 0 Å². The highest BCUT2D eigenvalue weighted by Crippen LogP contribution is 2.36. The van der Waals surface area contributed by atoms with Gasteiger partial charge in [-0.3, -0.25) is 0 Å². The SMILES string of the molecule is OC(CC1=CCCCC1)c1cccc2c1OCCC2. The fourth-order valence-electron chi connectivity index (χ4n) is 3.13. The molecular weight excluding hydrogens is 236 g/mol. The van der Waals surface area contributed by atoms with Crippen molar-refractivity contribution in [3.8, 4) is 5.75 Å². The van der Waals surface area contributed by atoms with E-state index >= 15 is 0 Å². The van der Waals surface area contributed by atoms with E-state index in [-0.39, 0.29) is 0 Å². The van der Waals surface area contributed by atoms with Crippen LogP contribution in [0.1, 0.15) is 55.8 Å². The van der Waals surface area contributed by atoms with E-state index in [1.807, 2.05) is 12.1 Å². The van der Waals surface area contributed by atoms with Crippen LogP contribution in [0.3, 0.4) is 0 Å². The topological polar surface area (TPSA) is 29.5 Å². The summed E-state index contributed by atoms with van der Waals surface area (Å²) in [5.41, 5.74) is 3.64. The monoisotopic (exact) mass is 258 g/mol. The van der Waals surface area contributed by atoms with E-state index < -0.39 is 6.10 Å². The van der Waals surface area contributed by atoms with Gasteiger partial charge < -0.3 is 9.84 Å². The molecule has 0 aromatic heterocycles. The summed E-state index contributed by atoms with van der Waals surface area (Å²) in [4.78, 5) is 0. The predicted molar refractivity (Wildman–Crippen MR) is 76.4 cm³/mol. The summed E-state index contributed by atoms with van der Waals surface area (Å²) in [6, 6.07) is 6.17. The molecule has 0 saturated carbocycles. The van der Waals surface area contributed by atoms with Crippen molar-refractivity contribution in [2.75, 3.05) is 6.61 Å². The van der Waals surface area contributed by atoms with Crippen molar-refractivity contribution in [3.05, 3.63) is 41.0 Å². The fraction of sp³-hybridized carbons (Fsp3) is 0.529. The van der Waals surface area contributed by atoms with Crippen LogP contribution in [0.15, 0.2) is 29.8 Å². The normalized spacial score (nSPS) is 20.2. The maximum atomic E-state index is 10.5. The average Bonchev–Trinajstić information content (AvgIpc) is 2.47. The molecule has 0 amide bonds. The molecule has 1 heterocycles. The van der Waals surface area contributed by atoms with Gasteiger partial charge >= 0.3 is 0 Å². The molecule has 1 atom stereocenters. The highest BCUT2D eigenvalue weighted by Gasteiger charge is 2.20. The maximum absolute atomic E-state index is 10.5. The maximum Gasteiger partial charge on any atom is 0.128 e.